The van der Waals surface area contributed by atoms with Crippen molar-refractivity contribution in [3.63, 3.8) is 0 Å². The second-order valence-corrected chi connectivity index (χ2v) is 6.22. The normalized spacial score (nSPS) is 11.2. The lowest BCUT2D eigenvalue weighted by molar-refractivity contribution is 0.410. The van der Waals surface area contributed by atoms with Crippen molar-refractivity contribution >= 4 is 34.3 Å². The second kappa shape index (κ2) is 10.6. The zero-order chi connectivity index (χ0) is 15.5. The van der Waals surface area contributed by atoms with Gasteiger partial charge in [-0.25, -0.2) is 0 Å². The second-order valence-electron chi connectivity index (χ2n) is 4.81. The number of hydrogen-bond donors (Lipinski definition) is 0. The fourth-order valence-electron chi connectivity index (χ4n) is 2.14. The van der Waals surface area contributed by atoms with E-state index in [1.165, 1.54) is 24.2 Å². The maximum atomic E-state index is 5.55. The van der Waals surface area contributed by atoms with Crippen molar-refractivity contribution in [3.05, 3.63) is 48.1 Å². The maximum absolute atomic E-state index is 5.55. The van der Waals surface area contributed by atoms with Crippen LogP contribution in [0.15, 0.2) is 36.9 Å². The van der Waals surface area contributed by atoms with E-state index < -0.39 is 0 Å². The largest absolute Gasteiger partial charge is 0.496 e. The molecule has 0 aromatic heterocycles. The first-order valence-electron chi connectivity index (χ1n) is 7.27. The van der Waals surface area contributed by atoms with Gasteiger partial charge in [-0.2, -0.15) is 0 Å². The van der Waals surface area contributed by atoms with Crippen LogP contribution in [0.1, 0.15) is 36.8 Å². The Kier molecular flexibility index (Phi) is 9.11. The summed E-state index contributed by atoms with van der Waals surface area (Å²) in [6.07, 6.45) is 8.78. The minimum Gasteiger partial charge on any atom is -0.496 e. The van der Waals surface area contributed by atoms with Crippen LogP contribution in [0.25, 0.3) is 4.91 Å². The summed E-state index contributed by atoms with van der Waals surface area (Å²) in [5.41, 5.74) is 2.28. The molecule has 1 nitrogen and oxygen atoms in total. The first-order chi connectivity index (χ1) is 10.2. The van der Waals surface area contributed by atoms with Crippen molar-refractivity contribution in [1.82, 2.24) is 0 Å². The van der Waals surface area contributed by atoms with Gasteiger partial charge in [0.2, 0.25) is 0 Å². The molecule has 0 heterocycles. The molecule has 0 spiro atoms. The van der Waals surface area contributed by atoms with Crippen LogP contribution in [0.3, 0.4) is 0 Å². The molecule has 1 aromatic carbocycles. The molecule has 0 aliphatic heterocycles. The van der Waals surface area contributed by atoms with Gasteiger partial charge >= 0.3 is 0 Å². The van der Waals surface area contributed by atoms with Gasteiger partial charge in [0, 0.05) is 15.8 Å². The number of allylic oxidation sites excluding steroid dienone is 2. The average molecular weight is 321 g/mol. The number of methoxy groups -OCH3 is 1. The molecule has 0 atom stereocenters. The lowest BCUT2D eigenvalue weighted by Gasteiger charge is -2.13. The Morgan fingerprint density at radius 2 is 2.14 bits per heavy atom. The van der Waals surface area contributed by atoms with E-state index >= 15 is 0 Å². The smallest absolute Gasteiger partial charge is 0.130 e. The van der Waals surface area contributed by atoms with Crippen LogP contribution in [0.2, 0.25) is 0 Å². The molecule has 0 saturated heterocycles. The Balaban J connectivity index is 2.70. The van der Waals surface area contributed by atoms with Crippen molar-refractivity contribution in [2.24, 2.45) is 0 Å². The van der Waals surface area contributed by atoms with Crippen molar-refractivity contribution in [2.75, 3.05) is 12.9 Å². The average Bonchev–Trinajstić information content (AvgIpc) is 2.49. The zero-order valence-corrected chi connectivity index (χ0v) is 14.6. The van der Waals surface area contributed by atoms with Crippen LogP contribution in [0.4, 0.5) is 0 Å². The monoisotopic (exact) mass is 320 g/mol. The fraction of sp³-hybridized carbons (Fsp3) is 0.389. The molecule has 1 aromatic rings. The molecule has 0 saturated carbocycles. The van der Waals surface area contributed by atoms with Gasteiger partial charge in [0.25, 0.3) is 0 Å². The lowest BCUT2D eigenvalue weighted by Crippen LogP contribution is -1.94. The number of thioether (sulfide) groups is 1. The molecule has 0 aliphatic rings. The first-order valence-corrected chi connectivity index (χ1v) is 8.73. The van der Waals surface area contributed by atoms with E-state index in [0.717, 1.165) is 29.1 Å². The summed E-state index contributed by atoms with van der Waals surface area (Å²) in [5.74, 6) is 2.04. The third-order valence-corrected chi connectivity index (χ3v) is 4.51. The maximum Gasteiger partial charge on any atom is 0.130 e. The minimum absolute atomic E-state index is 0.944. The summed E-state index contributed by atoms with van der Waals surface area (Å²) >= 11 is 6.86. The summed E-state index contributed by atoms with van der Waals surface area (Å²) < 4.78 is 5.55. The number of ether oxygens (including phenoxy) is 1. The first kappa shape index (κ1) is 18.0. The summed E-state index contributed by atoms with van der Waals surface area (Å²) in [4.78, 5) is 1.19. The standard InChI is InChI=1S/C18H24OS2/c1-4-5-6-7-8-14-21-17(12-13-20)16-11-9-10-15(2)18(16)19-3/h4,9-13H,1,5-8,14H2,2-3H3/b17-12+. The third-order valence-electron chi connectivity index (χ3n) is 3.21. The molecule has 0 amide bonds. The van der Waals surface area contributed by atoms with Gasteiger partial charge < -0.3 is 4.74 Å². The number of para-hydroxylation sites is 1. The molecule has 3 heteroatoms. The van der Waals surface area contributed by atoms with Crippen LogP contribution >= 0.6 is 24.0 Å². The fourth-order valence-corrected chi connectivity index (χ4v) is 3.42. The van der Waals surface area contributed by atoms with Crippen LogP contribution in [0, 0.1) is 6.92 Å². The van der Waals surface area contributed by atoms with Crippen molar-refractivity contribution in [2.45, 2.75) is 32.6 Å². The number of benzene rings is 1. The third kappa shape index (κ3) is 6.06. The molecule has 114 valence electrons. The van der Waals surface area contributed by atoms with Crippen LogP contribution < -0.4 is 4.74 Å². The molecule has 0 aliphatic carbocycles. The highest BCUT2D eigenvalue weighted by molar-refractivity contribution is 8.08. The SMILES string of the molecule is C=CCCCCCS/C(=C/C=S)c1cccc(C)c1OC. The number of aryl methyl sites for hydroxylation is 1. The topological polar surface area (TPSA) is 9.23 Å². The lowest BCUT2D eigenvalue weighted by atomic mass is 10.1. The molecule has 0 unspecified atom stereocenters. The number of hydrogen-bond acceptors (Lipinski definition) is 3. The molecule has 0 bridgehead atoms. The Labute approximate surface area is 138 Å². The molecule has 0 N–H and O–H groups in total. The van der Waals surface area contributed by atoms with Crippen molar-refractivity contribution < 1.29 is 4.74 Å². The number of unbranched alkanes of at least 4 members (excludes halogenated alkanes) is 3. The van der Waals surface area contributed by atoms with E-state index in [1.807, 2.05) is 23.9 Å². The van der Waals surface area contributed by atoms with Gasteiger partial charge in [0.05, 0.1) is 7.11 Å². The van der Waals surface area contributed by atoms with Crippen LogP contribution in [-0.2, 0) is 0 Å². The van der Waals surface area contributed by atoms with E-state index in [2.05, 4.69) is 31.7 Å². The molecule has 21 heavy (non-hydrogen) atoms. The zero-order valence-electron chi connectivity index (χ0n) is 12.9. The summed E-state index contributed by atoms with van der Waals surface area (Å²) in [6.45, 7) is 5.82. The van der Waals surface area contributed by atoms with Crippen molar-refractivity contribution in [3.8, 4) is 5.75 Å². The Morgan fingerprint density at radius 3 is 2.81 bits per heavy atom. The van der Waals surface area contributed by atoms with Gasteiger partial charge in [0.15, 0.2) is 0 Å². The predicted octanol–water partition coefficient (Wildman–Crippen LogP) is 5.82. The van der Waals surface area contributed by atoms with Gasteiger partial charge in [-0.1, -0.05) is 42.9 Å². The molecule has 1 rings (SSSR count). The van der Waals surface area contributed by atoms with E-state index in [0.29, 0.717) is 0 Å². The molecule has 0 radical (unpaired) electrons. The molecular weight excluding hydrogens is 296 g/mol. The van der Waals surface area contributed by atoms with Crippen LogP contribution in [-0.4, -0.2) is 18.2 Å². The van der Waals surface area contributed by atoms with E-state index in [4.69, 9.17) is 17.0 Å². The molecule has 0 fully saturated rings. The van der Waals surface area contributed by atoms with Crippen molar-refractivity contribution in [1.29, 1.82) is 0 Å². The predicted molar refractivity (Wildman–Crippen MR) is 100 cm³/mol. The highest BCUT2D eigenvalue weighted by Gasteiger charge is 2.10. The van der Waals surface area contributed by atoms with Gasteiger partial charge in [-0.05, 0) is 43.6 Å². The number of thiocarbonyl (C=S) groups is 1. The molecular formula is C18H24OS2. The highest BCUT2D eigenvalue weighted by Crippen LogP contribution is 2.36. The van der Waals surface area contributed by atoms with Crippen LogP contribution in [0.5, 0.6) is 5.75 Å². The Morgan fingerprint density at radius 1 is 1.33 bits per heavy atom. The van der Waals surface area contributed by atoms with E-state index in [1.54, 1.807) is 12.5 Å². The quantitative estimate of drug-likeness (QED) is 0.232. The Bertz CT molecular complexity index is 492. The van der Waals surface area contributed by atoms with Gasteiger partial charge in [-0.3, -0.25) is 0 Å². The van der Waals surface area contributed by atoms with Gasteiger partial charge in [0.1, 0.15) is 5.75 Å². The Hall–Kier alpha value is -1.06. The minimum atomic E-state index is 0.944. The van der Waals surface area contributed by atoms with Gasteiger partial charge in [-0.15, -0.1) is 18.3 Å². The van der Waals surface area contributed by atoms with E-state index in [9.17, 15) is 0 Å². The van der Waals surface area contributed by atoms with E-state index in [-0.39, 0.29) is 0 Å². The summed E-state index contributed by atoms with van der Waals surface area (Å²) in [5, 5.41) is 1.68. The number of rotatable bonds is 10. The summed E-state index contributed by atoms with van der Waals surface area (Å²) in [6, 6.07) is 6.23. The summed E-state index contributed by atoms with van der Waals surface area (Å²) in [7, 11) is 1.72. The highest BCUT2D eigenvalue weighted by atomic mass is 32.2.